The van der Waals surface area contributed by atoms with Crippen molar-refractivity contribution in [2.75, 3.05) is 13.2 Å². The van der Waals surface area contributed by atoms with Crippen LogP contribution in [0.2, 0.25) is 0 Å². The third-order valence-electron chi connectivity index (χ3n) is 1.75. The van der Waals surface area contributed by atoms with E-state index in [1.165, 1.54) is 19.3 Å². The fourth-order valence-corrected chi connectivity index (χ4v) is 0.926. The lowest BCUT2D eigenvalue weighted by molar-refractivity contribution is 0.119. The molecular weight excluding hydrogens is 126 g/mol. The van der Waals surface area contributed by atoms with E-state index in [2.05, 4.69) is 0 Å². The van der Waals surface area contributed by atoms with Crippen LogP contribution in [0.1, 0.15) is 26.2 Å². The normalized spacial score (nSPS) is 21.0. The van der Waals surface area contributed by atoms with Crippen LogP contribution in [-0.2, 0) is 4.74 Å². The van der Waals surface area contributed by atoms with E-state index >= 15 is 0 Å². The number of hydrogen-bond acceptors (Lipinski definition) is 2. The van der Waals surface area contributed by atoms with E-state index in [4.69, 9.17) is 10.5 Å². The molecule has 1 atom stereocenters. The molecule has 1 unspecified atom stereocenters. The summed E-state index contributed by atoms with van der Waals surface area (Å²) in [6, 6.07) is 0.194. The summed E-state index contributed by atoms with van der Waals surface area (Å²) in [6.07, 6.45) is 4.08. The smallest absolute Gasteiger partial charge is 0.0614 e. The van der Waals surface area contributed by atoms with Gasteiger partial charge in [0.15, 0.2) is 0 Å². The van der Waals surface area contributed by atoms with Crippen molar-refractivity contribution in [1.29, 1.82) is 0 Å². The van der Waals surface area contributed by atoms with Crippen molar-refractivity contribution >= 4 is 0 Å². The van der Waals surface area contributed by atoms with Crippen molar-refractivity contribution in [2.24, 2.45) is 11.7 Å². The number of nitrogens with two attached hydrogens (primary N) is 1. The fraction of sp³-hybridized carbons (Fsp3) is 1.00. The van der Waals surface area contributed by atoms with Gasteiger partial charge in [0.05, 0.1) is 6.61 Å². The van der Waals surface area contributed by atoms with Gasteiger partial charge in [-0.05, 0) is 19.3 Å². The molecule has 0 spiro atoms. The van der Waals surface area contributed by atoms with Gasteiger partial charge in [-0.25, -0.2) is 0 Å². The Bertz CT molecular complexity index is 85.3. The Kier molecular flexibility index (Phi) is 3.16. The van der Waals surface area contributed by atoms with Crippen LogP contribution >= 0.6 is 0 Å². The maximum Gasteiger partial charge on any atom is 0.0614 e. The average Bonchev–Trinajstić information content (AvgIpc) is 2.62. The minimum Gasteiger partial charge on any atom is -0.380 e. The molecule has 2 heteroatoms. The molecule has 0 heterocycles. The molecule has 0 saturated heterocycles. The lowest BCUT2D eigenvalue weighted by atomic mass is 10.3. The SMILES string of the molecule is CC(N)COCCC1CC1. The van der Waals surface area contributed by atoms with Crippen molar-refractivity contribution in [1.82, 2.24) is 0 Å². The van der Waals surface area contributed by atoms with Gasteiger partial charge in [0, 0.05) is 12.6 Å². The molecular formula is C8H17NO. The van der Waals surface area contributed by atoms with E-state index in [9.17, 15) is 0 Å². The third-order valence-corrected chi connectivity index (χ3v) is 1.75. The lowest BCUT2D eigenvalue weighted by Gasteiger charge is -2.05. The summed E-state index contributed by atoms with van der Waals surface area (Å²) in [5.41, 5.74) is 5.50. The van der Waals surface area contributed by atoms with Crippen LogP contribution in [0.3, 0.4) is 0 Å². The summed E-state index contributed by atoms with van der Waals surface area (Å²) >= 11 is 0. The van der Waals surface area contributed by atoms with Gasteiger partial charge in [0.1, 0.15) is 0 Å². The van der Waals surface area contributed by atoms with Crippen LogP contribution in [0.25, 0.3) is 0 Å². The summed E-state index contributed by atoms with van der Waals surface area (Å²) in [7, 11) is 0. The summed E-state index contributed by atoms with van der Waals surface area (Å²) in [5.74, 6) is 0.980. The topological polar surface area (TPSA) is 35.2 Å². The van der Waals surface area contributed by atoms with Crippen molar-refractivity contribution in [3.8, 4) is 0 Å². The van der Waals surface area contributed by atoms with Crippen molar-refractivity contribution in [3.05, 3.63) is 0 Å². The van der Waals surface area contributed by atoms with E-state index in [0.29, 0.717) is 6.61 Å². The van der Waals surface area contributed by atoms with E-state index in [1.54, 1.807) is 0 Å². The molecule has 1 aliphatic rings. The standard InChI is InChI=1S/C8H17NO/c1-7(9)6-10-5-4-8-2-3-8/h7-8H,2-6,9H2,1H3. The maximum absolute atomic E-state index is 5.50. The van der Waals surface area contributed by atoms with Gasteiger partial charge in [0.25, 0.3) is 0 Å². The van der Waals surface area contributed by atoms with Crippen LogP contribution in [0.5, 0.6) is 0 Å². The molecule has 0 aromatic carbocycles. The Labute approximate surface area is 62.7 Å². The number of hydrogen-bond donors (Lipinski definition) is 1. The molecule has 10 heavy (non-hydrogen) atoms. The van der Waals surface area contributed by atoms with E-state index < -0.39 is 0 Å². The molecule has 0 aromatic heterocycles. The molecule has 1 aliphatic carbocycles. The molecule has 1 rings (SSSR count). The highest BCUT2D eigenvalue weighted by Gasteiger charge is 2.20. The Morgan fingerprint density at radius 3 is 2.80 bits per heavy atom. The molecule has 1 saturated carbocycles. The molecule has 0 radical (unpaired) electrons. The van der Waals surface area contributed by atoms with Gasteiger partial charge in [-0.15, -0.1) is 0 Å². The minimum absolute atomic E-state index is 0.194. The molecule has 0 amide bonds. The zero-order valence-electron chi connectivity index (χ0n) is 6.68. The molecule has 0 bridgehead atoms. The van der Waals surface area contributed by atoms with Gasteiger partial charge in [-0.1, -0.05) is 12.8 Å². The van der Waals surface area contributed by atoms with Crippen molar-refractivity contribution < 1.29 is 4.74 Å². The molecule has 1 fully saturated rings. The van der Waals surface area contributed by atoms with Crippen LogP contribution in [0.4, 0.5) is 0 Å². The first-order valence-electron chi connectivity index (χ1n) is 4.12. The van der Waals surface area contributed by atoms with Gasteiger partial charge < -0.3 is 10.5 Å². The molecule has 2 nitrogen and oxygen atoms in total. The van der Waals surface area contributed by atoms with Crippen molar-refractivity contribution in [2.45, 2.75) is 32.2 Å². The van der Waals surface area contributed by atoms with Gasteiger partial charge in [0.2, 0.25) is 0 Å². The highest BCUT2D eigenvalue weighted by molar-refractivity contribution is 4.72. The van der Waals surface area contributed by atoms with E-state index in [-0.39, 0.29) is 6.04 Å². The van der Waals surface area contributed by atoms with Gasteiger partial charge in [-0.3, -0.25) is 0 Å². The van der Waals surface area contributed by atoms with E-state index in [1.807, 2.05) is 6.92 Å². The highest BCUT2D eigenvalue weighted by atomic mass is 16.5. The zero-order chi connectivity index (χ0) is 7.40. The lowest BCUT2D eigenvalue weighted by Crippen LogP contribution is -2.22. The Morgan fingerprint density at radius 2 is 2.30 bits per heavy atom. The molecule has 2 N–H and O–H groups in total. The van der Waals surface area contributed by atoms with Gasteiger partial charge >= 0.3 is 0 Å². The predicted molar refractivity (Wildman–Crippen MR) is 41.8 cm³/mol. The van der Waals surface area contributed by atoms with Gasteiger partial charge in [-0.2, -0.15) is 0 Å². The highest BCUT2D eigenvalue weighted by Crippen LogP contribution is 2.31. The molecule has 0 aromatic rings. The minimum atomic E-state index is 0.194. The number of ether oxygens (including phenoxy) is 1. The second kappa shape index (κ2) is 3.94. The van der Waals surface area contributed by atoms with Crippen LogP contribution in [-0.4, -0.2) is 19.3 Å². The first-order chi connectivity index (χ1) is 4.79. The number of rotatable bonds is 5. The second-order valence-electron chi connectivity index (χ2n) is 3.28. The molecule has 60 valence electrons. The first kappa shape index (κ1) is 8.02. The fourth-order valence-electron chi connectivity index (χ4n) is 0.926. The largest absolute Gasteiger partial charge is 0.380 e. The van der Waals surface area contributed by atoms with Crippen LogP contribution in [0.15, 0.2) is 0 Å². The second-order valence-corrected chi connectivity index (χ2v) is 3.28. The Hall–Kier alpha value is -0.0800. The van der Waals surface area contributed by atoms with E-state index in [0.717, 1.165) is 12.5 Å². The Balaban J connectivity index is 1.76. The summed E-state index contributed by atoms with van der Waals surface area (Å²) < 4.78 is 5.32. The zero-order valence-corrected chi connectivity index (χ0v) is 6.68. The first-order valence-corrected chi connectivity index (χ1v) is 4.12. The van der Waals surface area contributed by atoms with Crippen LogP contribution in [0, 0.1) is 5.92 Å². The van der Waals surface area contributed by atoms with Crippen LogP contribution < -0.4 is 5.73 Å². The monoisotopic (exact) mass is 143 g/mol. The maximum atomic E-state index is 5.50. The third kappa shape index (κ3) is 3.85. The quantitative estimate of drug-likeness (QED) is 0.586. The molecule has 0 aliphatic heterocycles. The average molecular weight is 143 g/mol. The summed E-state index contributed by atoms with van der Waals surface area (Å²) in [4.78, 5) is 0. The summed E-state index contributed by atoms with van der Waals surface area (Å²) in [6.45, 7) is 3.59. The summed E-state index contributed by atoms with van der Waals surface area (Å²) in [5, 5.41) is 0. The predicted octanol–water partition coefficient (Wildman–Crippen LogP) is 1.15. The van der Waals surface area contributed by atoms with Crippen molar-refractivity contribution in [3.63, 3.8) is 0 Å². The Morgan fingerprint density at radius 1 is 1.60 bits per heavy atom.